The van der Waals surface area contributed by atoms with Crippen molar-refractivity contribution >= 4 is 21.5 Å². The number of hydrogen-bond acceptors (Lipinski definition) is 6. The van der Waals surface area contributed by atoms with E-state index in [2.05, 4.69) is 0 Å². The quantitative estimate of drug-likeness (QED) is 0.590. The number of ether oxygens (including phenoxy) is 2. The predicted octanol–water partition coefficient (Wildman–Crippen LogP) is 0.762. The number of nitrogens with two attached hydrogens (primary N) is 1. The number of benzene rings is 1. The average Bonchev–Trinajstić information content (AvgIpc) is 2.31. The van der Waals surface area contributed by atoms with Gasteiger partial charge < -0.3 is 15.2 Å². The molecule has 0 aromatic heterocycles. The Kier molecular flexibility index (Phi) is 5.97. The maximum Gasteiger partial charge on any atom is 0.321 e. The number of carbonyl (C=O) groups excluding carboxylic acids is 1. The largest absolute Gasteiger partial charge is 0.459 e. The van der Waals surface area contributed by atoms with Crippen molar-refractivity contribution in [3.05, 3.63) is 29.8 Å². The van der Waals surface area contributed by atoms with Crippen LogP contribution in [0.1, 0.15) is 12.5 Å². The summed E-state index contributed by atoms with van der Waals surface area (Å²) in [7, 11) is -2.09. The third-order valence-corrected chi connectivity index (χ3v) is 3.89. The lowest BCUT2D eigenvalue weighted by molar-refractivity contribution is -0.147. The Bertz CT molecular complexity index is 538. The van der Waals surface area contributed by atoms with E-state index >= 15 is 0 Å². The molecule has 0 saturated heterocycles. The van der Waals surface area contributed by atoms with Crippen LogP contribution in [0.25, 0.3) is 0 Å². The molecule has 1 atom stereocenters. The molecule has 0 bridgehead atoms. The van der Waals surface area contributed by atoms with Gasteiger partial charge in [-0.2, -0.15) is 0 Å². The molecule has 0 aliphatic heterocycles. The van der Waals surface area contributed by atoms with E-state index < -0.39 is 27.7 Å². The smallest absolute Gasteiger partial charge is 0.321 e. The molecule has 0 aliphatic carbocycles. The van der Waals surface area contributed by atoms with Crippen LogP contribution < -0.4 is 5.73 Å². The number of rotatable bonds is 7. The second kappa shape index (κ2) is 7.25. The third kappa shape index (κ3) is 6.03. The van der Waals surface area contributed by atoms with Gasteiger partial charge in [-0.25, -0.2) is 8.42 Å². The van der Waals surface area contributed by atoms with E-state index in [4.69, 9.17) is 15.2 Å². The van der Waals surface area contributed by atoms with E-state index in [0.717, 1.165) is 0 Å². The minimum atomic E-state index is -3.56. The van der Waals surface area contributed by atoms with E-state index in [1.807, 2.05) is 0 Å². The molecular weight excluding hydrogens is 282 g/mol. The van der Waals surface area contributed by atoms with Gasteiger partial charge in [-0.1, -0.05) is 12.1 Å². The Balaban J connectivity index is 2.57. The van der Waals surface area contributed by atoms with Crippen molar-refractivity contribution in [2.75, 3.05) is 25.2 Å². The Morgan fingerprint density at radius 3 is 2.45 bits per heavy atom. The van der Waals surface area contributed by atoms with Gasteiger partial charge in [0.25, 0.3) is 0 Å². The average molecular weight is 301 g/mol. The molecule has 20 heavy (non-hydrogen) atoms. The van der Waals surface area contributed by atoms with Gasteiger partial charge in [-0.15, -0.1) is 0 Å². The van der Waals surface area contributed by atoms with Crippen molar-refractivity contribution in [2.24, 2.45) is 0 Å². The first-order valence-electron chi connectivity index (χ1n) is 6.05. The lowest BCUT2D eigenvalue weighted by Gasteiger charge is -2.12. The Morgan fingerprint density at radius 1 is 1.30 bits per heavy atom. The molecule has 7 heteroatoms. The van der Waals surface area contributed by atoms with Crippen molar-refractivity contribution in [1.29, 1.82) is 0 Å². The molecule has 0 heterocycles. The van der Waals surface area contributed by atoms with Gasteiger partial charge in [0.2, 0.25) is 0 Å². The van der Waals surface area contributed by atoms with Crippen molar-refractivity contribution in [2.45, 2.75) is 18.8 Å². The van der Waals surface area contributed by atoms with Crippen molar-refractivity contribution in [3.8, 4) is 0 Å². The fourth-order valence-electron chi connectivity index (χ4n) is 1.63. The summed E-state index contributed by atoms with van der Waals surface area (Å²) in [5, 5.41) is 0. The molecule has 0 amide bonds. The summed E-state index contributed by atoms with van der Waals surface area (Å²) >= 11 is 0. The lowest BCUT2D eigenvalue weighted by Crippen LogP contribution is -2.26. The second-order valence-electron chi connectivity index (χ2n) is 4.53. The first kappa shape index (κ1) is 16.5. The van der Waals surface area contributed by atoms with Crippen LogP contribution in [0, 0.1) is 0 Å². The Hall–Kier alpha value is -1.60. The normalized spacial score (nSPS) is 12.9. The molecule has 0 radical (unpaired) electrons. The van der Waals surface area contributed by atoms with Gasteiger partial charge >= 0.3 is 5.97 Å². The van der Waals surface area contributed by atoms with Crippen LogP contribution in [0.5, 0.6) is 0 Å². The molecule has 112 valence electrons. The molecule has 0 fully saturated rings. The van der Waals surface area contributed by atoms with Crippen LogP contribution in [0.15, 0.2) is 24.3 Å². The van der Waals surface area contributed by atoms with Crippen LogP contribution in [-0.2, 0) is 29.9 Å². The van der Waals surface area contributed by atoms with Crippen LogP contribution in [0.4, 0.5) is 5.69 Å². The zero-order chi connectivity index (χ0) is 15.2. The molecule has 1 aromatic rings. The number of carbonyl (C=O) groups is 1. The predicted molar refractivity (Wildman–Crippen MR) is 75.8 cm³/mol. The zero-order valence-electron chi connectivity index (χ0n) is 11.5. The van der Waals surface area contributed by atoms with Crippen LogP contribution in [0.2, 0.25) is 0 Å². The van der Waals surface area contributed by atoms with Gasteiger partial charge in [0.1, 0.15) is 11.9 Å². The minimum Gasteiger partial charge on any atom is -0.459 e. The summed E-state index contributed by atoms with van der Waals surface area (Å²) in [6.07, 6.45) is -0.473. The van der Waals surface area contributed by atoms with Gasteiger partial charge in [0, 0.05) is 12.8 Å². The Morgan fingerprint density at radius 2 is 1.90 bits per heavy atom. The number of esters is 1. The van der Waals surface area contributed by atoms with Crippen LogP contribution in [-0.4, -0.2) is 40.0 Å². The first-order valence-corrected chi connectivity index (χ1v) is 7.88. The van der Waals surface area contributed by atoms with Gasteiger partial charge in [-0.05, 0) is 24.6 Å². The van der Waals surface area contributed by atoms with E-state index in [1.54, 1.807) is 31.2 Å². The van der Waals surface area contributed by atoms with Crippen molar-refractivity contribution in [1.82, 2.24) is 0 Å². The van der Waals surface area contributed by atoms with Gasteiger partial charge in [0.05, 0.1) is 12.4 Å². The standard InChI is InChI=1S/C13H19NO5S/c1-10(7-18-2)19-13(15)9-20(16,17)8-11-3-5-12(14)6-4-11/h3-6,10H,7-9,14H2,1-2H3. The molecule has 1 unspecified atom stereocenters. The third-order valence-electron chi connectivity index (χ3n) is 2.44. The molecule has 1 rings (SSSR count). The molecule has 2 N–H and O–H groups in total. The fourth-order valence-corrected chi connectivity index (χ4v) is 2.86. The highest BCUT2D eigenvalue weighted by Gasteiger charge is 2.20. The highest BCUT2D eigenvalue weighted by molar-refractivity contribution is 7.91. The first-order chi connectivity index (χ1) is 9.32. The fraction of sp³-hybridized carbons (Fsp3) is 0.462. The van der Waals surface area contributed by atoms with Crippen LogP contribution >= 0.6 is 0 Å². The Labute approximate surface area is 118 Å². The summed E-state index contributed by atoms with van der Waals surface area (Å²) in [6.45, 7) is 1.86. The number of methoxy groups -OCH3 is 1. The SMILES string of the molecule is COCC(C)OC(=O)CS(=O)(=O)Cc1ccc(N)cc1. The second-order valence-corrected chi connectivity index (χ2v) is 6.59. The molecule has 0 aliphatic rings. The number of sulfone groups is 1. The van der Waals surface area contributed by atoms with Crippen LogP contribution in [0.3, 0.4) is 0 Å². The number of anilines is 1. The molecule has 6 nitrogen and oxygen atoms in total. The summed E-state index contributed by atoms with van der Waals surface area (Å²) in [6, 6.07) is 6.46. The van der Waals surface area contributed by atoms with E-state index in [0.29, 0.717) is 11.3 Å². The maximum atomic E-state index is 11.9. The van der Waals surface area contributed by atoms with E-state index in [1.165, 1.54) is 7.11 Å². The highest BCUT2D eigenvalue weighted by Crippen LogP contribution is 2.10. The molecular formula is C13H19NO5S. The van der Waals surface area contributed by atoms with Gasteiger partial charge in [-0.3, -0.25) is 4.79 Å². The summed E-state index contributed by atoms with van der Waals surface area (Å²) < 4.78 is 33.5. The lowest BCUT2D eigenvalue weighted by atomic mass is 10.2. The summed E-state index contributed by atoms with van der Waals surface area (Å²) in [5.74, 6) is -1.64. The minimum absolute atomic E-state index is 0.221. The monoisotopic (exact) mass is 301 g/mol. The van der Waals surface area contributed by atoms with E-state index in [9.17, 15) is 13.2 Å². The molecule has 0 spiro atoms. The van der Waals surface area contributed by atoms with Crippen molar-refractivity contribution in [3.63, 3.8) is 0 Å². The topological polar surface area (TPSA) is 95.7 Å². The van der Waals surface area contributed by atoms with E-state index in [-0.39, 0.29) is 12.4 Å². The summed E-state index contributed by atoms with van der Waals surface area (Å²) in [5.41, 5.74) is 6.65. The molecule has 0 saturated carbocycles. The summed E-state index contributed by atoms with van der Waals surface area (Å²) in [4.78, 5) is 11.5. The molecule has 1 aromatic carbocycles. The van der Waals surface area contributed by atoms with Crippen molar-refractivity contribution < 1.29 is 22.7 Å². The zero-order valence-corrected chi connectivity index (χ0v) is 12.4. The maximum absolute atomic E-state index is 11.9. The number of nitrogen functional groups attached to an aromatic ring is 1. The van der Waals surface area contributed by atoms with Gasteiger partial charge in [0.15, 0.2) is 9.84 Å². The number of hydrogen-bond donors (Lipinski definition) is 1. The highest BCUT2D eigenvalue weighted by atomic mass is 32.2.